The number of fused-ring (bicyclic) bond motifs is 1. The predicted molar refractivity (Wildman–Crippen MR) is 120 cm³/mol. The maximum atomic E-state index is 10.4. The van der Waals surface area contributed by atoms with Gasteiger partial charge in [-0.1, -0.05) is 29.8 Å². The number of hydrogen-bond acceptors (Lipinski definition) is 4. The Balaban J connectivity index is 0.00000243. The Labute approximate surface area is 175 Å². The van der Waals surface area contributed by atoms with Gasteiger partial charge in [0.1, 0.15) is 6.10 Å². The van der Waals surface area contributed by atoms with Gasteiger partial charge >= 0.3 is 0 Å². The molecule has 142 valence electrons. The second kappa shape index (κ2) is 10.9. The van der Waals surface area contributed by atoms with Crippen molar-refractivity contribution >= 4 is 51.4 Å². The average Bonchev–Trinajstić information content (AvgIpc) is 3.09. The van der Waals surface area contributed by atoms with E-state index in [1.54, 1.807) is 18.4 Å². The van der Waals surface area contributed by atoms with Crippen molar-refractivity contribution in [3.05, 3.63) is 46.9 Å². The lowest BCUT2D eigenvalue weighted by Gasteiger charge is -2.16. The van der Waals surface area contributed by atoms with Crippen molar-refractivity contribution in [3.63, 3.8) is 0 Å². The van der Waals surface area contributed by atoms with Gasteiger partial charge < -0.3 is 20.5 Å². The number of nitrogens with zero attached hydrogens (tertiary/aromatic N) is 1. The van der Waals surface area contributed by atoms with Gasteiger partial charge in [-0.25, -0.2) is 0 Å². The first kappa shape index (κ1) is 21.1. The van der Waals surface area contributed by atoms with Crippen molar-refractivity contribution < 1.29 is 9.84 Å². The zero-order valence-electron chi connectivity index (χ0n) is 14.9. The lowest BCUT2D eigenvalue weighted by molar-refractivity contribution is 0.153. The number of thiophene rings is 1. The summed E-state index contributed by atoms with van der Waals surface area (Å²) in [6, 6.07) is 10.2. The molecule has 3 rings (SSSR count). The summed E-state index contributed by atoms with van der Waals surface area (Å²) < 4.78 is 6.52. The van der Waals surface area contributed by atoms with Crippen LogP contribution in [0.2, 0.25) is 0 Å². The van der Waals surface area contributed by atoms with Crippen molar-refractivity contribution in [2.75, 3.05) is 33.4 Å². The molecule has 5 nitrogen and oxygen atoms in total. The predicted octanol–water partition coefficient (Wildman–Crippen LogP) is 3.45. The molecule has 1 aliphatic rings. The fourth-order valence-corrected chi connectivity index (χ4v) is 3.87. The zero-order chi connectivity index (χ0) is 17.5. The lowest BCUT2D eigenvalue weighted by atomic mass is 10.1. The monoisotopic (exact) mass is 487 g/mol. The minimum Gasteiger partial charge on any atom is -0.386 e. The number of halogens is 1. The van der Waals surface area contributed by atoms with Crippen LogP contribution in [0, 0.1) is 0 Å². The third-order valence-corrected chi connectivity index (χ3v) is 5.47. The highest BCUT2D eigenvalue weighted by atomic mass is 127. The van der Waals surface area contributed by atoms with Crippen LogP contribution in [0.15, 0.2) is 47.0 Å². The van der Waals surface area contributed by atoms with Crippen LogP contribution < -0.4 is 10.6 Å². The van der Waals surface area contributed by atoms with Crippen LogP contribution in [0.1, 0.15) is 23.8 Å². The smallest absolute Gasteiger partial charge is 0.191 e. The fourth-order valence-electron chi connectivity index (χ4n) is 2.82. The summed E-state index contributed by atoms with van der Waals surface area (Å²) in [7, 11) is 1.74. The van der Waals surface area contributed by atoms with Crippen LogP contribution in [0.4, 0.5) is 0 Å². The molecule has 7 heteroatoms. The van der Waals surface area contributed by atoms with E-state index in [0.29, 0.717) is 12.5 Å². The summed E-state index contributed by atoms with van der Waals surface area (Å²) in [5.41, 5.74) is 1.43. The average molecular weight is 487 g/mol. The van der Waals surface area contributed by atoms with Crippen molar-refractivity contribution in [3.8, 4) is 0 Å². The Morgan fingerprint density at radius 2 is 2.19 bits per heavy atom. The number of benzene rings is 1. The molecule has 0 saturated carbocycles. The molecule has 0 aliphatic carbocycles. The molecule has 3 N–H and O–H groups in total. The van der Waals surface area contributed by atoms with E-state index >= 15 is 0 Å². The first-order valence-electron chi connectivity index (χ1n) is 8.63. The molecule has 1 unspecified atom stereocenters. The maximum absolute atomic E-state index is 10.4. The Kier molecular flexibility index (Phi) is 8.83. The maximum Gasteiger partial charge on any atom is 0.191 e. The third-order valence-electron chi connectivity index (χ3n) is 4.26. The second-order valence-corrected chi connectivity index (χ2v) is 7.13. The molecule has 0 spiro atoms. The largest absolute Gasteiger partial charge is 0.386 e. The molecule has 0 radical (unpaired) electrons. The number of ether oxygens (including phenoxy) is 1. The Bertz CT molecular complexity index is 727. The summed E-state index contributed by atoms with van der Waals surface area (Å²) in [6.45, 7) is 2.80. The summed E-state index contributed by atoms with van der Waals surface area (Å²) in [4.78, 5) is 5.19. The molecule has 26 heavy (non-hydrogen) atoms. The van der Waals surface area contributed by atoms with Crippen LogP contribution in [0.3, 0.4) is 0 Å². The van der Waals surface area contributed by atoms with Crippen LogP contribution in [-0.2, 0) is 4.74 Å². The Morgan fingerprint density at radius 3 is 2.92 bits per heavy atom. The quantitative estimate of drug-likeness (QED) is 0.253. The highest BCUT2D eigenvalue weighted by Gasteiger charge is 2.12. The minimum absolute atomic E-state index is 0. The number of guanidine groups is 1. The van der Waals surface area contributed by atoms with Gasteiger partial charge in [0.15, 0.2) is 5.96 Å². The SMILES string of the molecule is CN=C(NCCC1=CCOCC1)NCC(O)c1cc2ccccc2s1.I. The first-order chi connectivity index (χ1) is 12.3. The van der Waals surface area contributed by atoms with Gasteiger partial charge in [0.2, 0.25) is 0 Å². The molecule has 1 aromatic carbocycles. The summed E-state index contributed by atoms with van der Waals surface area (Å²) in [6.07, 6.45) is 3.61. The number of aliphatic hydroxyl groups excluding tert-OH is 1. The van der Waals surface area contributed by atoms with Gasteiger partial charge in [-0.05, 0) is 30.4 Å². The molecule has 0 fully saturated rings. The number of aliphatic imine (C=N–C) groups is 1. The highest BCUT2D eigenvalue weighted by molar-refractivity contribution is 14.0. The number of hydrogen-bond donors (Lipinski definition) is 3. The number of aliphatic hydroxyl groups is 1. The van der Waals surface area contributed by atoms with Crippen molar-refractivity contribution in [1.29, 1.82) is 0 Å². The normalized spacial score (nSPS) is 15.9. The molecule has 1 aromatic heterocycles. The third kappa shape index (κ3) is 5.94. The van der Waals surface area contributed by atoms with E-state index in [4.69, 9.17) is 4.74 Å². The molecular formula is C19H26IN3O2S. The minimum atomic E-state index is -0.547. The standard InChI is InChI=1S/C19H25N3O2S.HI/c1-20-19(21-9-6-14-7-10-24-11-8-14)22-13-16(23)18-12-15-4-2-3-5-17(15)25-18;/h2-5,7,12,16,23H,6,8-11,13H2,1H3,(H2,20,21,22);1H. The topological polar surface area (TPSA) is 65.9 Å². The van der Waals surface area contributed by atoms with E-state index in [0.717, 1.165) is 37.5 Å². The van der Waals surface area contributed by atoms with E-state index in [2.05, 4.69) is 39.9 Å². The van der Waals surface area contributed by atoms with E-state index < -0.39 is 6.10 Å². The van der Waals surface area contributed by atoms with Crippen LogP contribution in [-0.4, -0.2) is 44.4 Å². The van der Waals surface area contributed by atoms with E-state index in [-0.39, 0.29) is 24.0 Å². The number of rotatable bonds is 6. The van der Waals surface area contributed by atoms with Gasteiger partial charge in [0.05, 0.1) is 13.2 Å². The molecule has 1 atom stereocenters. The lowest BCUT2D eigenvalue weighted by Crippen LogP contribution is -2.39. The Hall–Kier alpha value is -1.16. The Morgan fingerprint density at radius 1 is 1.35 bits per heavy atom. The van der Waals surface area contributed by atoms with Gasteiger partial charge in [-0.3, -0.25) is 4.99 Å². The zero-order valence-corrected chi connectivity index (χ0v) is 18.1. The second-order valence-electron chi connectivity index (χ2n) is 6.02. The van der Waals surface area contributed by atoms with Crippen LogP contribution in [0.5, 0.6) is 0 Å². The molecule has 0 amide bonds. The van der Waals surface area contributed by atoms with E-state index in [1.165, 1.54) is 15.7 Å². The van der Waals surface area contributed by atoms with Crippen molar-refractivity contribution in [2.24, 2.45) is 4.99 Å². The number of nitrogens with one attached hydrogen (secondary N) is 2. The van der Waals surface area contributed by atoms with E-state index in [1.807, 2.05) is 12.1 Å². The fraction of sp³-hybridized carbons (Fsp3) is 0.421. The summed E-state index contributed by atoms with van der Waals surface area (Å²) >= 11 is 1.63. The highest BCUT2D eigenvalue weighted by Crippen LogP contribution is 2.29. The summed E-state index contributed by atoms with van der Waals surface area (Å²) in [5.74, 6) is 0.716. The van der Waals surface area contributed by atoms with Crippen LogP contribution in [0.25, 0.3) is 10.1 Å². The molecule has 0 saturated heterocycles. The van der Waals surface area contributed by atoms with E-state index in [9.17, 15) is 5.11 Å². The van der Waals surface area contributed by atoms with Crippen molar-refractivity contribution in [2.45, 2.75) is 18.9 Å². The summed E-state index contributed by atoms with van der Waals surface area (Å²) in [5, 5.41) is 18.1. The molecular weight excluding hydrogens is 461 g/mol. The molecule has 2 heterocycles. The van der Waals surface area contributed by atoms with Gasteiger partial charge in [0, 0.05) is 29.7 Å². The van der Waals surface area contributed by atoms with Gasteiger partial charge in [-0.2, -0.15) is 0 Å². The molecule has 1 aliphatic heterocycles. The van der Waals surface area contributed by atoms with Crippen LogP contribution >= 0.6 is 35.3 Å². The first-order valence-corrected chi connectivity index (χ1v) is 9.44. The molecule has 0 bridgehead atoms. The molecule has 2 aromatic rings. The van der Waals surface area contributed by atoms with Gasteiger partial charge in [0.25, 0.3) is 0 Å². The van der Waals surface area contributed by atoms with Crippen molar-refractivity contribution in [1.82, 2.24) is 10.6 Å². The van der Waals surface area contributed by atoms with Gasteiger partial charge in [-0.15, -0.1) is 35.3 Å².